The molecule has 1 aromatic carbocycles. The Morgan fingerprint density at radius 3 is 2.71 bits per heavy atom. The van der Waals surface area contributed by atoms with Gasteiger partial charge >= 0.3 is 0 Å². The predicted octanol–water partition coefficient (Wildman–Crippen LogP) is 3.33. The Morgan fingerprint density at radius 1 is 1.14 bits per heavy atom. The van der Waals surface area contributed by atoms with Crippen LogP contribution in [-0.4, -0.2) is 5.24 Å². The average molecular weight is 209 g/mol. The second kappa shape index (κ2) is 4.14. The number of fused-ring (bicyclic) bond motifs is 1. The number of hydrogen-bond donors (Lipinski definition) is 0. The van der Waals surface area contributed by atoms with Crippen LogP contribution in [0, 0.1) is 0 Å². The van der Waals surface area contributed by atoms with Crippen LogP contribution in [-0.2, 0) is 12.8 Å². The van der Waals surface area contributed by atoms with Gasteiger partial charge in [0.2, 0.25) is 0 Å². The first-order valence-electron chi connectivity index (χ1n) is 5.09. The minimum atomic E-state index is -0.316. The Balaban J connectivity index is 2.47. The number of benzene rings is 1. The molecule has 0 atom stereocenters. The average Bonchev–Trinajstić information content (AvgIpc) is 2.41. The summed E-state index contributed by atoms with van der Waals surface area (Å²) in [5.74, 6) is 0. The van der Waals surface area contributed by atoms with Gasteiger partial charge in [-0.15, -0.1) is 0 Å². The van der Waals surface area contributed by atoms with Gasteiger partial charge < -0.3 is 0 Å². The molecule has 2 rings (SSSR count). The van der Waals surface area contributed by atoms with Crippen molar-refractivity contribution in [2.24, 2.45) is 0 Å². The molecule has 0 aliphatic heterocycles. The Bertz CT molecular complexity index is 357. The minimum absolute atomic E-state index is 0.316. The Hall–Kier alpha value is -0.820. The molecule has 1 aliphatic rings. The van der Waals surface area contributed by atoms with E-state index < -0.39 is 0 Å². The molecule has 0 bridgehead atoms. The smallest absolute Gasteiger partial charge is 0.252 e. The van der Waals surface area contributed by atoms with Crippen LogP contribution < -0.4 is 0 Å². The summed E-state index contributed by atoms with van der Waals surface area (Å²) >= 11 is 5.55. The third-order valence-corrected chi connectivity index (χ3v) is 3.06. The monoisotopic (exact) mass is 208 g/mol. The molecule has 14 heavy (non-hydrogen) atoms. The highest BCUT2D eigenvalue weighted by molar-refractivity contribution is 6.67. The molecule has 0 N–H and O–H groups in total. The van der Waals surface area contributed by atoms with Crippen LogP contribution >= 0.6 is 11.6 Å². The summed E-state index contributed by atoms with van der Waals surface area (Å²) in [4.78, 5) is 11.2. The summed E-state index contributed by atoms with van der Waals surface area (Å²) in [5, 5.41) is -0.316. The number of halogens is 1. The SMILES string of the molecule is O=C(Cl)c1cccc2c1CCCCC2. The lowest BCUT2D eigenvalue weighted by Crippen LogP contribution is -2.00. The van der Waals surface area contributed by atoms with Gasteiger partial charge in [0.05, 0.1) is 0 Å². The maximum Gasteiger partial charge on any atom is 0.252 e. The van der Waals surface area contributed by atoms with Crippen LogP contribution in [0.15, 0.2) is 18.2 Å². The lowest BCUT2D eigenvalue weighted by atomic mass is 9.98. The van der Waals surface area contributed by atoms with E-state index in [9.17, 15) is 4.79 Å². The zero-order chi connectivity index (χ0) is 9.97. The maximum atomic E-state index is 11.2. The molecule has 0 heterocycles. The quantitative estimate of drug-likeness (QED) is 0.511. The fraction of sp³-hybridized carbons (Fsp3) is 0.417. The van der Waals surface area contributed by atoms with Crippen molar-refractivity contribution in [3.05, 3.63) is 34.9 Å². The molecular weight excluding hydrogens is 196 g/mol. The van der Waals surface area contributed by atoms with Gasteiger partial charge in [0, 0.05) is 5.56 Å². The van der Waals surface area contributed by atoms with Gasteiger partial charge in [-0.3, -0.25) is 4.79 Å². The van der Waals surface area contributed by atoms with Gasteiger partial charge in [0.15, 0.2) is 0 Å². The van der Waals surface area contributed by atoms with Gasteiger partial charge in [-0.2, -0.15) is 0 Å². The van der Waals surface area contributed by atoms with Crippen molar-refractivity contribution >= 4 is 16.8 Å². The second-order valence-electron chi connectivity index (χ2n) is 3.78. The largest absolute Gasteiger partial charge is 0.276 e. The molecule has 1 aromatic rings. The third-order valence-electron chi connectivity index (χ3n) is 2.86. The highest BCUT2D eigenvalue weighted by Crippen LogP contribution is 2.24. The summed E-state index contributed by atoms with van der Waals surface area (Å²) in [6, 6.07) is 5.88. The van der Waals surface area contributed by atoms with Crippen LogP contribution in [0.3, 0.4) is 0 Å². The van der Waals surface area contributed by atoms with E-state index in [1.165, 1.54) is 30.4 Å². The third kappa shape index (κ3) is 1.83. The Labute approximate surface area is 89.1 Å². The van der Waals surface area contributed by atoms with Crippen LogP contribution in [0.4, 0.5) is 0 Å². The summed E-state index contributed by atoms with van der Waals surface area (Å²) in [5.41, 5.74) is 3.21. The normalized spacial score (nSPS) is 15.8. The van der Waals surface area contributed by atoms with Crippen LogP contribution in [0.1, 0.15) is 40.7 Å². The number of rotatable bonds is 1. The van der Waals surface area contributed by atoms with Crippen molar-refractivity contribution in [2.45, 2.75) is 32.1 Å². The molecule has 2 heteroatoms. The van der Waals surface area contributed by atoms with E-state index in [1.807, 2.05) is 12.1 Å². The summed E-state index contributed by atoms with van der Waals surface area (Å²) < 4.78 is 0. The summed E-state index contributed by atoms with van der Waals surface area (Å²) in [6.45, 7) is 0. The van der Waals surface area contributed by atoms with E-state index in [2.05, 4.69) is 6.07 Å². The number of aryl methyl sites for hydroxylation is 1. The van der Waals surface area contributed by atoms with E-state index in [0.717, 1.165) is 12.8 Å². The highest BCUT2D eigenvalue weighted by Gasteiger charge is 2.14. The van der Waals surface area contributed by atoms with Gasteiger partial charge in [0.25, 0.3) is 5.24 Å². The number of carbonyl (C=O) groups excluding carboxylic acids is 1. The van der Waals surface area contributed by atoms with E-state index in [4.69, 9.17) is 11.6 Å². The molecule has 0 aromatic heterocycles. The molecule has 1 aliphatic carbocycles. The Morgan fingerprint density at radius 2 is 1.93 bits per heavy atom. The number of hydrogen-bond acceptors (Lipinski definition) is 1. The van der Waals surface area contributed by atoms with E-state index in [0.29, 0.717) is 5.56 Å². The molecule has 0 radical (unpaired) electrons. The maximum absolute atomic E-state index is 11.2. The zero-order valence-electron chi connectivity index (χ0n) is 8.05. The lowest BCUT2D eigenvalue weighted by molar-refractivity contribution is 0.108. The van der Waals surface area contributed by atoms with Crippen molar-refractivity contribution in [3.8, 4) is 0 Å². The van der Waals surface area contributed by atoms with Crippen molar-refractivity contribution in [3.63, 3.8) is 0 Å². The topological polar surface area (TPSA) is 17.1 Å². The van der Waals surface area contributed by atoms with Crippen LogP contribution in [0.25, 0.3) is 0 Å². The van der Waals surface area contributed by atoms with Gasteiger partial charge in [-0.1, -0.05) is 18.6 Å². The predicted molar refractivity (Wildman–Crippen MR) is 57.9 cm³/mol. The molecule has 0 fully saturated rings. The highest BCUT2D eigenvalue weighted by atomic mass is 35.5. The Kier molecular flexibility index (Phi) is 2.87. The fourth-order valence-electron chi connectivity index (χ4n) is 2.14. The standard InChI is InChI=1S/C12H13ClO/c13-12(14)11-8-4-6-9-5-2-1-3-7-10(9)11/h4,6,8H,1-3,5,7H2. The molecule has 0 saturated carbocycles. The molecule has 0 unspecified atom stereocenters. The van der Waals surface area contributed by atoms with E-state index in [-0.39, 0.29) is 5.24 Å². The molecule has 1 nitrogen and oxygen atoms in total. The first kappa shape index (κ1) is 9.72. The molecule has 0 spiro atoms. The summed E-state index contributed by atoms with van der Waals surface area (Å²) in [7, 11) is 0. The van der Waals surface area contributed by atoms with Crippen LogP contribution in [0.5, 0.6) is 0 Å². The van der Waals surface area contributed by atoms with Gasteiger partial charge in [-0.25, -0.2) is 0 Å². The van der Waals surface area contributed by atoms with Crippen molar-refractivity contribution < 1.29 is 4.79 Å². The number of carbonyl (C=O) groups is 1. The van der Waals surface area contributed by atoms with Gasteiger partial charge in [-0.05, 0) is 54.5 Å². The minimum Gasteiger partial charge on any atom is -0.276 e. The fourth-order valence-corrected chi connectivity index (χ4v) is 2.32. The van der Waals surface area contributed by atoms with Crippen molar-refractivity contribution in [1.82, 2.24) is 0 Å². The van der Waals surface area contributed by atoms with Gasteiger partial charge in [0.1, 0.15) is 0 Å². The van der Waals surface area contributed by atoms with E-state index >= 15 is 0 Å². The van der Waals surface area contributed by atoms with E-state index in [1.54, 1.807) is 0 Å². The first-order chi connectivity index (χ1) is 6.79. The van der Waals surface area contributed by atoms with Crippen molar-refractivity contribution in [2.75, 3.05) is 0 Å². The second-order valence-corrected chi connectivity index (χ2v) is 4.12. The summed E-state index contributed by atoms with van der Waals surface area (Å²) in [6.07, 6.45) is 5.75. The molecule has 0 amide bonds. The van der Waals surface area contributed by atoms with Crippen molar-refractivity contribution in [1.29, 1.82) is 0 Å². The first-order valence-corrected chi connectivity index (χ1v) is 5.47. The van der Waals surface area contributed by atoms with Crippen LogP contribution in [0.2, 0.25) is 0 Å². The molecular formula is C12H13ClO. The lowest BCUT2D eigenvalue weighted by Gasteiger charge is -2.08. The molecule has 74 valence electrons. The molecule has 0 saturated heterocycles. The zero-order valence-corrected chi connectivity index (χ0v) is 8.81.